The van der Waals surface area contributed by atoms with Crippen LogP contribution in [0.15, 0.2) is 24.3 Å². The van der Waals surface area contributed by atoms with Crippen molar-refractivity contribution in [3.63, 3.8) is 0 Å². The predicted octanol–water partition coefficient (Wildman–Crippen LogP) is 2.08. The average molecular weight is 195 g/mol. The number of aliphatic hydroxyl groups excluding tert-OH is 1. The Morgan fingerprint density at radius 1 is 1.29 bits per heavy atom. The average Bonchev–Trinajstić information content (AvgIpc) is 2.18. The van der Waals surface area contributed by atoms with Crippen molar-refractivity contribution in [3.05, 3.63) is 24.3 Å². The largest absolute Gasteiger partial charge is 0.495 e. The van der Waals surface area contributed by atoms with E-state index in [0.717, 1.165) is 11.4 Å². The first-order valence-electron chi connectivity index (χ1n) is 4.72. The lowest BCUT2D eigenvalue weighted by Gasteiger charge is -2.19. The van der Waals surface area contributed by atoms with E-state index in [1.807, 2.05) is 38.1 Å². The minimum absolute atomic E-state index is 0.167. The van der Waals surface area contributed by atoms with E-state index in [0.29, 0.717) is 0 Å². The van der Waals surface area contributed by atoms with Crippen LogP contribution in [0.25, 0.3) is 0 Å². The first-order valence-corrected chi connectivity index (χ1v) is 4.72. The lowest BCUT2D eigenvalue weighted by molar-refractivity contribution is 0.152. The number of methoxy groups -OCH3 is 1. The van der Waals surface area contributed by atoms with Crippen LogP contribution in [-0.4, -0.2) is 18.4 Å². The molecule has 1 unspecified atom stereocenters. The van der Waals surface area contributed by atoms with Gasteiger partial charge in [0.25, 0.3) is 0 Å². The highest BCUT2D eigenvalue weighted by Gasteiger charge is 2.10. The normalized spacial score (nSPS) is 12.6. The smallest absolute Gasteiger partial charge is 0.142 e. The molecule has 0 aliphatic heterocycles. The number of ether oxygens (including phenoxy) is 1. The molecule has 1 rings (SSSR count). The molecule has 78 valence electrons. The molecule has 1 atom stereocenters. The molecule has 0 saturated heterocycles. The van der Waals surface area contributed by atoms with Gasteiger partial charge in [0.15, 0.2) is 0 Å². The molecule has 0 amide bonds. The zero-order chi connectivity index (χ0) is 10.6. The van der Waals surface area contributed by atoms with Gasteiger partial charge in [-0.05, 0) is 18.1 Å². The van der Waals surface area contributed by atoms with Gasteiger partial charge in [-0.3, -0.25) is 0 Å². The highest BCUT2D eigenvalue weighted by atomic mass is 16.5. The molecule has 0 heterocycles. The maximum atomic E-state index is 9.63. The van der Waals surface area contributed by atoms with Crippen LogP contribution >= 0.6 is 0 Å². The third kappa shape index (κ3) is 2.64. The number of anilines is 1. The Hall–Kier alpha value is -1.22. The van der Waals surface area contributed by atoms with Gasteiger partial charge in [0.2, 0.25) is 0 Å². The Morgan fingerprint density at radius 2 is 1.93 bits per heavy atom. The zero-order valence-corrected chi connectivity index (χ0v) is 8.82. The maximum absolute atomic E-state index is 9.63. The van der Waals surface area contributed by atoms with Gasteiger partial charge in [0, 0.05) is 0 Å². The Labute approximate surface area is 84.7 Å². The number of nitrogens with one attached hydrogen (secondary N) is 1. The Morgan fingerprint density at radius 3 is 2.50 bits per heavy atom. The standard InChI is InChI=1S/C11H17NO2/c1-8(2)11(13)12-9-6-4-5-7-10(9)14-3/h4-8,11-13H,1-3H3. The lowest BCUT2D eigenvalue weighted by Crippen LogP contribution is -2.24. The molecular formula is C11H17NO2. The summed E-state index contributed by atoms with van der Waals surface area (Å²) in [7, 11) is 1.61. The summed E-state index contributed by atoms with van der Waals surface area (Å²) in [6, 6.07) is 7.53. The fraction of sp³-hybridized carbons (Fsp3) is 0.455. The summed E-state index contributed by atoms with van der Waals surface area (Å²) in [6.45, 7) is 3.90. The maximum Gasteiger partial charge on any atom is 0.142 e. The van der Waals surface area contributed by atoms with E-state index >= 15 is 0 Å². The fourth-order valence-electron chi connectivity index (χ4n) is 1.09. The molecule has 14 heavy (non-hydrogen) atoms. The highest BCUT2D eigenvalue weighted by Crippen LogP contribution is 2.24. The molecule has 0 aromatic heterocycles. The van der Waals surface area contributed by atoms with Crippen LogP contribution in [0.2, 0.25) is 0 Å². The zero-order valence-electron chi connectivity index (χ0n) is 8.82. The number of hydrogen-bond donors (Lipinski definition) is 2. The van der Waals surface area contributed by atoms with Gasteiger partial charge in [-0.2, -0.15) is 0 Å². The van der Waals surface area contributed by atoms with Gasteiger partial charge in [0.05, 0.1) is 12.8 Å². The molecule has 3 nitrogen and oxygen atoms in total. The van der Waals surface area contributed by atoms with Crippen molar-refractivity contribution in [2.24, 2.45) is 5.92 Å². The molecule has 0 bridgehead atoms. The molecule has 0 aliphatic rings. The van der Waals surface area contributed by atoms with Crippen molar-refractivity contribution in [2.75, 3.05) is 12.4 Å². The summed E-state index contributed by atoms with van der Waals surface area (Å²) in [4.78, 5) is 0. The predicted molar refractivity (Wildman–Crippen MR) is 57.5 cm³/mol. The first-order chi connectivity index (χ1) is 6.65. The van der Waals surface area contributed by atoms with E-state index in [1.165, 1.54) is 0 Å². The minimum atomic E-state index is -0.550. The van der Waals surface area contributed by atoms with Gasteiger partial charge in [-0.1, -0.05) is 26.0 Å². The molecule has 1 aromatic carbocycles. The Bertz CT molecular complexity index is 286. The SMILES string of the molecule is COc1ccccc1NC(O)C(C)C. The summed E-state index contributed by atoms with van der Waals surface area (Å²) in [5.74, 6) is 0.909. The second-order valence-electron chi connectivity index (χ2n) is 3.53. The molecular weight excluding hydrogens is 178 g/mol. The summed E-state index contributed by atoms with van der Waals surface area (Å²) < 4.78 is 5.15. The lowest BCUT2D eigenvalue weighted by atomic mass is 10.2. The summed E-state index contributed by atoms with van der Waals surface area (Å²) >= 11 is 0. The summed E-state index contributed by atoms with van der Waals surface area (Å²) in [5.41, 5.74) is 0.816. The van der Waals surface area contributed by atoms with Crippen molar-refractivity contribution in [1.82, 2.24) is 0 Å². The topological polar surface area (TPSA) is 41.5 Å². The quantitative estimate of drug-likeness (QED) is 0.723. The Balaban J connectivity index is 2.75. The van der Waals surface area contributed by atoms with Gasteiger partial charge >= 0.3 is 0 Å². The third-order valence-corrected chi connectivity index (χ3v) is 2.04. The van der Waals surface area contributed by atoms with Gasteiger partial charge in [-0.25, -0.2) is 0 Å². The van der Waals surface area contributed by atoms with E-state index in [4.69, 9.17) is 4.74 Å². The first kappa shape index (κ1) is 10.9. The van der Waals surface area contributed by atoms with Crippen molar-refractivity contribution in [1.29, 1.82) is 0 Å². The summed E-state index contributed by atoms with van der Waals surface area (Å²) in [6.07, 6.45) is -0.550. The van der Waals surface area contributed by atoms with E-state index in [2.05, 4.69) is 5.32 Å². The van der Waals surface area contributed by atoms with Crippen LogP contribution in [0, 0.1) is 5.92 Å². The molecule has 0 radical (unpaired) electrons. The van der Waals surface area contributed by atoms with Crippen molar-refractivity contribution in [3.8, 4) is 5.75 Å². The summed E-state index contributed by atoms with van der Waals surface area (Å²) in [5, 5.41) is 12.6. The van der Waals surface area contributed by atoms with E-state index < -0.39 is 6.23 Å². The molecule has 0 fully saturated rings. The highest BCUT2D eigenvalue weighted by molar-refractivity contribution is 5.56. The monoisotopic (exact) mass is 195 g/mol. The third-order valence-electron chi connectivity index (χ3n) is 2.04. The van der Waals surface area contributed by atoms with Gasteiger partial charge in [-0.15, -0.1) is 0 Å². The van der Waals surface area contributed by atoms with Crippen molar-refractivity contribution < 1.29 is 9.84 Å². The number of rotatable bonds is 4. The number of benzene rings is 1. The number of hydrogen-bond acceptors (Lipinski definition) is 3. The van der Waals surface area contributed by atoms with Crippen LogP contribution in [0.4, 0.5) is 5.69 Å². The van der Waals surface area contributed by atoms with Crippen LogP contribution in [0.1, 0.15) is 13.8 Å². The fourth-order valence-corrected chi connectivity index (χ4v) is 1.09. The van der Waals surface area contributed by atoms with Crippen molar-refractivity contribution in [2.45, 2.75) is 20.1 Å². The van der Waals surface area contributed by atoms with Gasteiger partial charge < -0.3 is 15.2 Å². The molecule has 0 saturated carbocycles. The second kappa shape index (κ2) is 4.86. The molecule has 3 heteroatoms. The number of para-hydroxylation sites is 2. The van der Waals surface area contributed by atoms with Crippen LogP contribution in [0.3, 0.4) is 0 Å². The minimum Gasteiger partial charge on any atom is -0.495 e. The van der Waals surface area contributed by atoms with Crippen LogP contribution < -0.4 is 10.1 Å². The molecule has 0 aliphatic carbocycles. The van der Waals surface area contributed by atoms with Crippen molar-refractivity contribution >= 4 is 5.69 Å². The Kier molecular flexibility index (Phi) is 3.77. The van der Waals surface area contributed by atoms with E-state index in [-0.39, 0.29) is 5.92 Å². The number of aliphatic hydroxyl groups is 1. The van der Waals surface area contributed by atoms with Crippen LogP contribution in [-0.2, 0) is 0 Å². The van der Waals surface area contributed by atoms with E-state index in [1.54, 1.807) is 7.11 Å². The molecule has 1 aromatic rings. The van der Waals surface area contributed by atoms with E-state index in [9.17, 15) is 5.11 Å². The molecule has 2 N–H and O–H groups in total. The molecule has 0 spiro atoms. The second-order valence-corrected chi connectivity index (χ2v) is 3.53. The van der Waals surface area contributed by atoms with Crippen LogP contribution in [0.5, 0.6) is 5.75 Å². The van der Waals surface area contributed by atoms with Gasteiger partial charge in [0.1, 0.15) is 12.0 Å².